The summed E-state index contributed by atoms with van der Waals surface area (Å²) in [7, 11) is 1.45. The molecule has 0 fully saturated rings. The Kier molecular flexibility index (Phi) is 4.48. The van der Waals surface area contributed by atoms with E-state index < -0.39 is 23.6 Å². The summed E-state index contributed by atoms with van der Waals surface area (Å²) in [6.07, 6.45) is -3.47. The van der Waals surface area contributed by atoms with Crippen LogP contribution in [-0.2, 0) is 24.1 Å². The van der Waals surface area contributed by atoms with Gasteiger partial charge < -0.3 is 4.90 Å². The molecule has 0 aliphatic carbocycles. The summed E-state index contributed by atoms with van der Waals surface area (Å²) in [6, 6.07) is 6.78. The first-order chi connectivity index (χ1) is 10.3. The summed E-state index contributed by atoms with van der Waals surface area (Å²) in [5.41, 5.74) is -0.730. The predicted molar refractivity (Wildman–Crippen MR) is 70.1 cm³/mol. The minimum atomic E-state index is -4.55. The molecule has 4 nitrogen and oxygen atoms in total. The maximum absolute atomic E-state index is 13.5. The molecule has 1 aromatic heterocycles. The molecule has 1 heterocycles. The highest BCUT2D eigenvalue weighted by molar-refractivity contribution is 5.75. The van der Waals surface area contributed by atoms with E-state index in [1.807, 2.05) is 0 Å². The number of hydrogen-bond donors (Lipinski definition) is 0. The third kappa shape index (κ3) is 3.84. The molecule has 2 aromatic rings. The predicted octanol–water partition coefficient (Wildman–Crippen LogP) is 2.70. The van der Waals surface area contributed by atoms with Gasteiger partial charge in [0.2, 0.25) is 5.91 Å². The Morgan fingerprint density at radius 3 is 2.55 bits per heavy atom. The molecule has 0 aliphatic heterocycles. The molecule has 0 unspecified atom stereocenters. The number of alkyl halides is 3. The first-order valence-electron chi connectivity index (χ1n) is 6.35. The van der Waals surface area contributed by atoms with Crippen molar-refractivity contribution in [1.29, 1.82) is 0 Å². The van der Waals surface area contributed by atoms with Crippen molar-refractivity contribution in [1.82, 2.24) is 14.7 Å². The van der Waals surface area contributed by atoms with Crippen LogP contribution in [0.25, 0.3) is 0 Å². The zero-order valence-electron chi connectivity index (χ0n) is 11.6. The molecule has 0 atom stereocenters. The van der Waals surface area contributed by atoms with E-state index in [1.54, 1.807) is 6.07 Å². The van der Waals surface area contributed by atoms with Gasteiger partial charge in [0.05, 0.1) is 0 Å². The first-order valence-corrected chi connectivity index (χ1v) is 6.35. The van der Waals surface area contributed by atoms with E-state index in [2.05, 4.69) is 5.10 Å². The van der Waals surface area contributed by atoms with Crippen molar-refractivity contribution in [3.8, 4) is 0 Å². The number of hydrogen-bond acceptors (Lipinski definition) is 2. The molecule has 0 saturated carbocycles. The smallest absolute Gasteiger partial charge is 0.340 e. The fourth-order valence-electron chi connectivity index (χ4n) is 1.83. The second-order valence-electron chi connectivity index (χ2n) is 4.74. The molecule has 0 N–H and O–H groups in total. The molecule has 8 heteroatoms. The van der Waals surface area contributed by atoms with Crippen molar-refractivity contribution in [2.24, 2.45) is 0 Å². The lowest BCUT2D eigenvalue weighted by atomic mass is 10.2. The Bertz CT molecular complexity index is 666. The molecule has 1 aromatic carbocycles. The van der Waals surface area contributed by atoms with Gasteiger partial charge >= 0.3 is 6.18 Å². The largest absolute Gasteiger partial charge is 0.435 e. The molecule has 1 amide bonds. The van der Waals surface area contributed by atoms with E-state index in [4.69, 9.17) is 0 Å². The lowest BCUT2D eigenvalue weighted by Gasteiger charge is -2.17. The van der Waals surface area contributed by atoms with Gasteiger partial charge in [-0.05, 0) is 12.1 Å². The average Bonchev–Trinajstić information content (AvgIpc) is 2.89. The van der Waals surface area contributed by atoms with Gasteiger partial charge in [-0.15, -0.1) is 0 Å². The Hall–Kier alpha value is -2.38. The third-order valence-electron chi connectivity index (χ3n) is 3.02. The molecule has 22 heavy (non-hydrogen) atoms. The molecule has 118 valence electrons. The highest BCUT2D eigenvalue weighted by atomic mass is 19.4. The number of amides is 1. The maximum Gasteiger partial charge on any atom is 0.435 e. The van der Waals surface area contributed by atoms with Crippen molar-refractivity contribution in [3.05, 3.63) is 53.6 Å². The Morgan fingerprint density at radius 1 is 1.27 bits per heavy atom. The van der Waals surface area contributed by atoms with E-state index in [9.17, 15) is 22.4 Å². The number of halogens is 4. The van der Waals surface area contributed by atoms with Crippen LogP contribution in [0.5, 0.6) is 0 Å². The van der Waals surface area contributed by atoms with Crippen molar-refractivity contribution >= 4 is 5.91 Å². The van der Waals surface area contributed by atoms with Crippen LogP contribution in [0.4, 0.5) is 17.6 Å². The average molecular weight is 315 g/mol. The molecular formula is C14H13F4N3O. The van der Waals surface area contributed by atoms with Gasteiger partial charge in [-0.2, -0.15) is 18.3 Å². The molecule has 0 saturated heterocycles. The molecule has 2 rings (SSSR count). The number of benzene rings is 1. The molecule has 0 radical (unpaired) electrons. The number of rotatable bonds is 4. The van der Waals surface area contributed by atoms with Crippen LogP contribution >= 0.6 is 0 Å². The molecule has 0 spiro atoms. The van der Waals surface area contributed by atoms with Gasteiger partial charge in [0, 0.05) is 25.4 Å². The van der Waals surface area contributed by atoms with E-state index in [1.165, 1.54) is 30.1 Å². The Morgan fingerprint density at radius 2 is 1.95 bits per heavy atom. The molecule has 0 aliphatic rings. The standard InChI is InChI=1S/C14H13F4N3O/c1-20(8-10-4-2-3-5-11(10)15)13(22)9-21-7-6-12(19-21)14(16,17)18/h2-7H,8-9H2,1H3. The fourth-order valence-corrected chi connectivity index (χ4v) is 1.83. The summed E-state index contributed by atoms with van der Waals surface area (Å²) in [5.74, 6) is -0.916. The van der Waals surface area contributed by atoms with Gasteiger partial charge in [-0.3, -0.25) is 9.48 Å². The third-order valence-corrected chi connectivity index (χ3v) is 3.02. The summed E-state index contributed by atoms with van der Waals surface area (Å²) in [4.78, 5) is 13.2. The highest BCUT2D eigenvalue weighted by Gasteiger charge is 2.33. The maximum atomic E-state index is 13.5. The van der Waals surface area contributed by atoms with E-state index in [-0.39, 0.29) is 13.1 Å². The minimum Gasteiger partial charge on any atom is -0.340 e. The number of nitrogens with zero attached hydrogens (tertiary/aromatic N) is 3. The van der Waals surface area contributed by atoms with Crippen LogP contribution in [-0.4, -0.2) is 27.6 Å². The van der Waals surface area contributed by atoms with E-state index in [0.717, 1.165) is 16.9 Å². The van der Waals surface area contributed by atoms with Crippen LogP contribution in [0.15, 0.2) is 36.5 Å². The normalized spacial score (nSPS) is 11.5. The van der Waals surface area contributed by atoms with Crippen LogP contribution < -0.4 is 0 Å². The SMILES string of the molecule is CN(Cc1ccccc1F)C(=O)Cn1ccc(C(F)(F)F)n1. The van der Waals surface area contributed by atoms with Gasteiger partial charge in [-0.25, -0.2) is 4.39 Å². The highest BCUT2D eigenvalue weighted by Crippen LogP contribution is 2.27. The van der Waals surface area contributed by atoms with Crippen LogP contribution in [0, 0.1) is 5.82 Å². The lowest BCUT2D eigenvalue weighted by Crippen LogP contribution is -2.30. The van der Waals surface area contributed by atoms with Crippen LogP contribution in [0.1, 0.15) is 11.3 Å². The number of likely N-dealkylation sites (N-methyl/N-ethyl adjacent to an activating group) is 1. The quantitative estimate of drug-likeness (QED) is 0.814. The van der Waals surface area contributed by atoms with E-state index >= 15 is 0 Å². The second kappa shape index (κ2) is 6.17. The van der Waals surface area contributed by atoms with Gasteiger partial charge in [0.25, 0.3) is 0 Å². The van der Waals surface area contributed by atoms with Crippen LogP contribution in [0.2, 0.25) is 0 Å². The van der Waals surface area contributed by atoms with Crippen molar-refractivity contribution in [3.63, 3.8) is 0 Å². The zero-order valence-corrected chi connectivity index (χ0v) is 11.6. The monoisotopic (exact) mass is 315 g/mol. The summed E-state index contributed by atoms with van der Waals surface area (Å²) in [5, 5.41) is 3.30. The second-order valence-corrected chi connectivity index (χ2v) is 4.74. The van der Waals surface area contributed by atoms with Gasteiger partial charge in [-0.1, -0.05) is 18.2 Å². The topological polar surface area (TPSA) is 38.1 Å². The summed E-state index contributed by atoms with van der Waals surface area (Å²) >= 11 is 0. The Labute approximate surface area is 124 Å². The van der Waals surface area contributed by atoms with Crippen molar-refractivity contribution < 1.29 is 22.4 Å². The number of carbonyl (C=O) groups is 1. The first kappa shape index (κ1) is 16.0. The number of aromatic nitrogens is 2. The van der Waals surface area contributed by atoms with Crippen LogP contribution in [0.3, 0.4) is 0 Å². The zero-order chi connectivity index (χ0) is 16.3. The minimum absolute atomic E-state index is 0.0267. The summed E-state index contributed by atoms with van der Waals surface area (Å²) in [6.45, 7) is -0.320. The van der Waals surface area contributed by atoms with Gasteiger partial charge in [0.1, 0.15) is 12.4 Å². The Balaban J connectivity index is 2.00. The fraction of sp³-hybridized carbons (Fsp3) is 0.286. The lowest BCUT2D eigenvalue weighted by molar-refractivity contribution is -0.142. The van der Waals surface area contributed by atoms with Crippen molar-refractivity contribution in [2.45, 2.75) is 19.3 Å². The van der Waals surface area contributed by atoms with Crippen molar-refractivity contribution in [2.75, 3.05) is 7.05 Å². The number of carbonyl (C=O) groups excluding carboxylic acids is 1. The van der Waals surface area contributed by atoms with E-state index in [0.29, 0.717) is 5.56 Å². The molecular weight excluding hydrogens is 302 g/mol. The van der Waals surface area contributed by atoms with Gasteiger partial charge in [0.15, 0.2) is 5.69 Å². The summed E-state index contributed by atoms with van der Waals surface area (Å²) < 4.78 is 51.6. The molecule has 0 bridgehead atoms.